The zero-order valence-corrected chi connectivity index (χ0v) is 18.7. The molecule has 1 saturated carbocycles. The van der Waals surface area contributed by atoms with Gasteiger partial charge in [0.25, 0.3) is 17.6 Å². The number of halogens is 2. The fourth-order valence-corrected chi connectivity index (χ4v) is 4.70. The summed E-state index contributed by atoms with van der Waals surface area (Å²) < 4.78 is 28.5. The maximum Gasteiger partial charge on any atom is 0.293 e. The molecule has 1 aliphatic carbocycles. The second-order valence-corrected chi connectivity index (χ2v) is 8.86. The van der Waals surface area contributed by atoms with Crippen molar-refractivity contribution >= 4 is 23.3 Å². The summed E-state index contributed by atoms with van der Waals surface area (Å²) in [6, 6.07) is 3.07. The van der Waals surface area contributed by atoms with Crippen LogP contribution in [0.4, 0.5) is 14.5 Å². The molecule has 0 unspecified atom stereocenters. The van der Waals surface area contributed by atoms with Crippen LogP contribution in [0.3, 0.4) is 0 Å². The van der Waals surface area contributed by atoms with Gasteiger partial charge in [0.1, 0.15) is 5.69 Å². The minimum Gasteiger partial charge on any atom is -0.340 e. The van der Waals surface area contributed by atoms with Gasteiger partial charge in [0.05, 0.1) is 16.8 Å². The molecule has 1 aromatic carbocycles. The molecule has 0 spiro atoms. The van der Waals surface area contributed by atoms with E-state index in [1.165, 1.54) is 6.07 Å². The summed E-state index contributed by atoms with van der Waals surface area (Å²) in [6.45, 7) is 2.14. The highest BCUT2D eigenvalue weighted by molar-refractivity contribution is 6.44. The lowest BCUT2D eigenvalue weighted by Gasteiger charge is -2.20. The SMILES string of the molecule is Cc1c(C(=O)C(=O)NC2(C3=CNN(C)N3)CC2)c2n(c1C(=O)Nc1ccc(F)c(F)c1)CCC2. The number of hydrazine groups is 2. The van der Waals surface area contributed by atoms with Crippen LogP contribution in [0, 0.1) is 18.6 Å². The number of hydrogen-bond donors (Lipinski definition) is 4. The Morgan fingerprint density at radius 3 is 2.56 bits per heavy atom. The van der Waals surface area contributed by atoms with Gasteiger partial charge in [-0.1, -0.05) is 0 Å². The molecule has 9 nitrogen and oxygen atoms in total. The molecular weight excluding hydrogens is 446 g/mol. The summed E-state index contributed by atoms with van der Waals surface area (Å²) in [5, 5.41) is 7.07. The number of rotatable bonds is 6. The van der Waals surface area contributed by atoms with Crippen molar-refractivity contribution in [2.24, 2.45) is 0 Å². The second-order valence-electron chi connectivity index (χ2n) is 8.86. The smallest absolute Gasteiger partial charge is 0.293 e. The third kappa shape index (κ3) is 3.61. The number of carbonyl (C=O) groups excluding carboxylic acids is 3. The van der Waals surface area contributed by atoms with Gasteiger partial charge in [-0.2, -0.15) is 0 Å². The Morgan fingerprint density at radius 2 is 1.91 bits per heavy atom. The largest absolute Gasteiger partial charge is 0.340 e. The molecule has 1 fully saturated rings. The monoisotopic (exact) mass is 470 g/mol. The molecule has 4 N–H and O–H groups in total. The predicted octanol–water partition coefficient (Wildman–Crippen LogP) is 1.90. The summed E-state index contributed by atoms with van der Waals surface area (Å²) in [4.78, 5) is 39.3. The topological polar surface area (TPSA) is 108 Å². The van der Waals surface area contributed by atoms with Crippen molar-refractivity contribution in [1.29, 1.82) is 0 Å². The van der Waals surface area contributed by atoms with E-state index in [0.29, 0.717) is 37.1 Å². The van der Waals surface area contributed by atoms with E-state index >= 15 is 0 Å². The van der Waals surface area contributed by atoms with Crippen molar-refractivity contribution in [3.63, 3.8) is 0 Å². The second kappa shape index (κ2) is 7.94. The third-order valence-electron chi connectivity index (χ3n) is 6.54. The zero-order chi connectivity index (χ0) is 24.2. The Morgan fingerprint density at radius 1 is 1.15 bits per heavy atom. The molecular formula is C23H24F2N6O3. The van der Waals surface area contributed by atoms with Gasteiger partial charge in [-0.3, -0.25) is 14.4 Å². The van der Waals surface area contributed by atoms with Crippen LogP contribution in [-0.2, 0) is 17.8 Å². The van der Waals surface area contributed by atoms with E-state index in [4.69, 9.17) is 0 Å². The van der Waals surface area contributed by atoms with Crippen LogP contribution in [0.1, 0.15) is 51.4 Å². The number of anilines is 1. The van der Waals surface area contributed by atoms with Crippen LogP contribution in [0.25, 0.3) is 0 Å². The Labute approximate surface area is 194 Å². The molecule has 2 aromatic rings. The van der Waals surface area contributed by atoms with E-state index in [-0.39, 0.29) is 16.9 Å². The fourth-order valence-electron chi connectivity index (χ4n) is 4.70. The van der Waals surface area contributed by atoms with E-state index < -0.39 is 34.8 Å². The summed E-state index contributed by atoms with van der Waals surface area (Å²) in [5.41, 5.74) is 7.80. The molecule has 1 aromatic heterocycles. The average Bonchev–Trinajstić information content (AvgIpc) is 3.08. The first-order chi connectivity index (χ1) is 16.2. The maximum absolute atomic E-state index is 13.6. The van der Waals surface area contributed by atoms with Crippen LogP contribution in [0.5, 0.6) is 0 Å². The van der Waals surface area contributed by atoms with Crippen molar-refractivity contribution in [2.75, 3.05) is 12.4 Å². The van der Waals surface area contributed by atoms with Gasteiger partial charge in [0.15, 0.2) is 11.6 Å². The molecule has 3 heterocycles. The van der Waals surface area contributed by atoms with Gasteiger partial charge in [-0.05, 0) is 50.3 Å². The van der Waals surface area contributed by atoms with Gasteiger partial charge in [0, 0.05) is 37.2 Å². The summed E-state index contributed by atoms with van der Waals surface area (Å²) in [5.74, 6) is -4.08. The van der Waals surface area contributed by atoms with Crippen molar-refractivity contribution in [3.05, 3.63) is 64.2 Å². The normalized spacial score (nSPS) is 17.9. The van der Waals surface area contributed by atoms with Crippen LogP contribution in [0.15, 0.2) is 30.1 Å². The average molecular weight is 470 g/mol. The van der Waals surface area contributed by atoms with Crippen LogP contribution < -0.4 is 21.5 Å². The van der Waals surface area contributed by atoms with E-state index in [9.17, 15) is 23.2 Å². The lowest BCUT2D eigenvalue weighted by atomic mass is 10.0. The first kappa shape index (κ1) is 22.1. The molecule has 11 heteroatoms. The summed E-state index contributed by atoms with van der Waals surface area (Å²) in [6.07, 6.45) is 4.44. The molecule has 2 amide bonds. The molecule has 34 heavy (non-hydrogen) atoms. The fraction of sp³-hybridized carbons (Fsp3) is 0.348. The van der Waals surface area contributed by atoms with Gasteiger partial charge >= 0.3 is 0 Å². The number of nitrogens with zero attached hydrogens (tertiary/aromatic N) is 2. The molecule has 0 bridgehead atoms. The number of ketones is 1. The molecule has 0 atom stereocenters. The molecule has 178 valence electrons. The van der Waals surface area contributed by atoms with E-state index in [2.05, 4.69) is 21.5 Å². The molecule has 5 rings (SSSR count). The lowest BCUT2D eigenvalue weighted by Crippen LogP contribution is -2.46. The number of Topliss-reactive ketones (excluding diaryl/α,β-unsaturated/α-hetero) is 1. The minimum absolute atomic E-state index is 0.0917. The number of fused-ring (bicyclic) bond motifs is 1. The van der Waals surface area contributed by atoms with E-state index in [1.54, 1.807) is 29.9 Å². The third-order valence-corrected chi connectivity index (χ3v) is 6.54. The quantitative estimate of drug-likeness (QED) is 0.380. The number of nitrogens with one attached hydrogen (secondary N) is 4. The van der Waals surface area contributed by atoms with Crippen LogP contribution in [-0.4, -0.2) is 39.9 Å². The van der Waals surface area contributed by atoms with Gasteiger partial charge in [-0.25, -0.2) is 8.78 Å². The number of aromatic nitrogens is 1. The van der Waals surface area contributed by atoms with Gasteiger partial charge < -0.3 is 26.1 Å². The summed E-state index contributed by atoms with van der Waals surface area (Å²) >= 11 is 0. The van der Waals surface area contributed by atoms with Gasteiger partial charge in [-0.15, -0.1) is 5.12 Å². The molecule has 0 saturated heterocycles. The highest BCUT2D eigenvalue weighted by Gasteiger charge is 2.50. The maximum atomic E-state index is 13.6. The van der Waals surface area contributed by atoms with E-state index in [0.717, 1.165) is 24.3 Å². The Kier molecular flexibility index (Phi) is 5.16. The van der Waals surface area contributed by atoms with Crippen LogP contribution >= 0.6 is 0 Å². The molecule has 0 radical (unpaired) electrons. The van der Waals surface area contributed by atoms with Crippen molar-refractivity contribution in [2.45, 2.75) is 44.7 Å². The first-order valence-electron chi connectivity index (χ1n) is 11.0. The van der Waals surface area contributed by atoms with Crippen molar-refractivity contribution in [1.82, 2.24) is 25.9 Å². The molecule has 2 aliphatic heterocycles. The molecule has 3 aliphatic rings. The number of benzene rings is 1. The summed E-state index contributed by atoms with van der Waals surface area (Å²) in [7, 11) is 1.79. The Hall–Kier alpha value is -3.73. The lowest BCUT2D eigenvalue weighted by molar-refractivity contribution is -0.117. The minimum atomic E-state index is -1.08. The number of hydrogen-bond acceptors (Lipinski definition) is 6. The predicted molar refractivity (Wildman–Crippen MR) is 118 cm³/mol. The Balaban J connectivity index is 1.40. The highest BCUT2D eigenvalue weighted by atomic mass is 19.2. The van der Waals surface area contributed by atoms with E-state index in [1.807, 2.05) is 0 Å². The van der Waals surface area contributed by atoms with Crippen LogP contribution in [0.2, 0.25) is 0 Å². The zero-order valence-electron chi connectivity index (χ0n) is 18.7. The number of carbonyl (C=O) groups is 3. The Bertz CT molecular complexity index is 1260. The van der Waals surface area contributed by atoms with Crippen molar-refractivity contribution < 1.29 is 23.2 Å². The first-order valence-corrected chi connectivity index (χ1v) is 11.0. The number of amides is 2. The van der Waals surface area contributed by atoms with Gasteiger partial charge in [0.2, 0.25) is 0 Å². The highest BCUT2D eigenvalue weighted by Crippen LogP contribution is 2.42. The standard InChI is InChI=1S/C23H24F2N6O3/c1-12-18(20(32)22(34)28-23(7-8-23)17-11-26-30(2)29-17)16-4-3-9-31(16)19(12)21(33)27-13-5-6-14(24)15(25)10-13/h5-6,10-11,26,29H,3-4,7-9H2,1-2H3,(H,27,33)(H,28,34). The van der Waals surface area contributed by atoms with Crippen molar-refractivity contribution in [3.8, 4) is 0 Å².